The smallest absolute Gasteiger partial charge is 0.0879 e. The van der Waals surface area contributed by atoms with Crippen LogP contribution in [0, 0.1) is 5.92 Å². The molecular weight excluding hydrogens is 205 g/mol. The van der Waals surface area contributed by atoms with Crippen molar-refractivity contribution in [1.29, 1.82) is 0 Å². The van der Waals surface area contributed by atoms with Crippen LogP contribution in [-0.2, 0) is 4.57 Å². The molecule has 0 aromatic carbocycles. The van der Waals surface area contributed by atoms with Crippen LogP contribution in [0.4, 0.5) is 0 Å². The highest BCUT2D eigenvalue weighted by Gasteiger charge is 2.47. The van der Waals surface area contributed by atoms with Gasteiger partial charge in [0.05, 0.1) is 7.14 Å². The van der Waals surface area contributed by atoms with Crippen molar-refractivity contribution in [3.05, 3.63) is 0 Å². The number of nitrogens with zero attached hydrogens (tertiary/aromatic N) is 1. The van der Waals surface area contributed by atoms with Crippen LogP contribution in [0.1, 0.15) is 33.1 Å². The molecule has 88 valence electrons. The van der Waals surface area contributed by atoms with Gasteiger partial charge in [0, 0.05) is 24.4 Å². The molecule has 0 amide bonds. The average molecular weight is 229 g/mol. The topological polar surface area (TPSA) is 20.3 Å². The maximum absolute atomic E-state index is 12.3. The summed E-state index contributed by atoms with van der Waals surface area (Å²) in [7, 11) is -1.82. The molecule has 2 fully saturated rings. The summed E-state index contributed by atoms with van der Waals surface area (Å²) >= 11 is 0. The molecule has 0 spiro atoms. The molecule has 2 unspecified atom stereocenters. The van der Waals surface area contributed by atoms with E-state index in [2.05, 4.69) is 18.7 Å². The molecule has 0 N–H and O–H groups in total. The van der Waals surface area contributed by atoms with Crippen molar-refractivity contribution in [3.63, 3.8) is 0 Å². The molecule has 15 heavy (non-hydrogen) atoms. The largest absolute Gasteiger partial charge is 0.324 e. The lowest BCUT2D eigenvalue weighted by Gasteiger charge is -2.46. The summed E-state index contributed by atoms with van der Waals surface area (Å²) in [5.74, 6) is 0.726. The number of hydrogen-bond acceptors (Lipinski definition) is 2. The van der Waals surface area contributed by atoms with Crippen molar-refractivity contribution in [3.8, 4) is 0 Å². The maximum Gasteiger partial charge on any atom is 0.0879 e. The third kappa shape index (κ3) is 2.31. The van der Waals surface area contributed by atoms with Crippen molar-refractivity contribution in [2.24, 2.45) is 5.92 Å². The maximum atomic E-state index is 12.3. The Morgan fingerprint density at radius 2 is 2.13 bits per heavy atom. The molecule has 0 saturated carbocycles. The van der Waals surface area contributed by atoms with Crippen molar-refractivity contribution < 1.29 is 4.57 Å². The molecule has 2 heterocycles. The Morgan fingerprint density at radius 1 is 1.40 bits per heavy atom. The summed E-state index contributed by atoms with van der Waals surface area (Å²) in [5.41, 5.74) is 0.316. The van der Waals surface area contributed by atoms with Crippen LogP contribution >= 0.6 is 7.14 Å². The Hall–Kier alpha value is 0.190. The van der Waals surface area contributed by atoms with Crippen molar-refractivity contribution in [2.45, 2.75) is 38.6 Å². The van der Waals surface area contributed by atoms with Gasteiger partial charge in [-0.15, -0.1) is 0 Å². The zero-order valence-electron chi connectivity index (χ0n) is 10.3. The third-order valence-corrected chi connectivity index (χ3v) is 6.40. The van der Waals surface area contributed by atoms with Crippen LogP contribution < -0.4 is 0 Å². The Morgan fingerprint density at radius 3 is 2.80 bits per heavy atom. The fourth-order valence-corrected chi connectivity index (χ4v) is 6.17. The molecular formula is C12H24NOP. The molecule has 2 nitrogen and oxygen atoms in total. The molecule has 2 atom stereocenters. The van der Waals surface area contributed by atoms with Gasteiger partial charge in [0.2, 0.25) is 0 Å². The Kier molecular flexibility index (Phi) is 3.03. The number of fused-ring (bicyclic) bond motifs is 1. The van der Waals surface area contributed by atoms with E-state index in [1.165, 1.54) is 25.8 Å². The average Bonchev–Trinajstić information content (AvgIpc) is 2.42. The minimum absolute atomic E-state index is 0.316. The van der Waals surface area contributed by atoms with Crippen molar-refractivity contribution >= 4 is 7.14 Å². The van der Waals surface area contributed by atoms with Crippen LogP contribution in [0.2, 0.25) is 0 Å². The van der Waals surface area contributed by atoms with Crippen LogP contribution in [0.15, 0.2) is 0 Å². The fourth-order valence-electron chi connectivity index (χ4n) is 3.61. The molecule has 0 bridgehead atoms. The van der Waals surface area contributed by atoms with E-state index in [-0.39, 0.29) is 0 Å². The fraction of sp³-hybridized carbons (Fsp3) is 1.00. The van der Waals surface area contributed by atoms with Gasteiger partial charge in [-0.25, -0.2) is 0 Å². The van der Waals surface area contributed by atoms with Gasteiger partial charge in [-0.2, -0.15) is 0 Å². The lowest BCUT2D eigenvalue weighted by Crippen LogP contribution is -2.52. The zero-order chi connectivity index (χ0) is 11.1. The first-order chi connectivity index (χ1) is 6.94. The van der Waals surface area contributed by atoms with E-state index >= 15 is 0 Å². The molecule has 2 aliphatic heterocycles. The van der Waals surface area contributed by atoms with Gasteiger partial charge in [0.15, 0.2) is 0 Å². The normalized spacial score (nSPS) is 42.1. The van der Waals surface area contributed by atoms with Crippen LogP contribution in [0.5, 0.6) is 0 Å². The lowest BCUT2D eigenvalue weighted by molar-refractivity contribution is 0.132. The predicted molar refractivity (Wildman–Crippen MR) is 66.3 cm³/mol. The number of hydrogen-bond donors (Lipinski definition) is 0. The second-order valence-corrected chi connectivity index (χ2v) is 9.45. The highest BCUT2D eigenvalue weighted by Crippen LogP contribution is 2.53. The van der Waals surface area contributed by atoms with Crippen LogP contribution in [0.3, 0.4) is 0 Å². The van der Waals surface area contributed by atoms with Crippen molar-refractivity contribution in [1.82, 2.24) is 4.90 Å². The summed E-state index contributed by atoms with van der Waals surface area (Å²) in [5, 5.41) is 0. The van der Waals surface area contributed by atoms with E-state index in [1.807, 2.05) is 6.66 Å². The molecule has 2 rings (SSSR count). The summed E-state index contributed by atoms with van der Waals surface area (Å²) in [6, 6.07) is 0. The van der Waals surface area contributed by atoms with Gasteiger partial charge in [0.25, 0.3) is 0 Å². The SMILES string of the molecule is CC(C)CC12CCCN1CCP(C)(=O)C2. The zero-order valence-corrected chi connectivity index (χ0v) is 11.2. The van der Waals surface area contributed by atoms with Gasteiger partial charge in [0.1, 0.15) is 0 Å². The summed E-state index contributed by atoms with van der Waals surface area (Å²) in [6.45, 7) is 8.93. The molecule has 0 aliphatic carbocycles. The lowest BCUT2D eigenvalue weighted by atomic mass is 9.88. The monoisotopic (exact) mass is 229 g/mol. The van der Waals surface area contributed by atoms with Gasteiger partial charge >= 0.3 is 0 Å². The van der Waals surface area contributed by atoms with Crippen LogP contribution in [0.25, 0.3) is 0 Å². The highest BCUT2D eigenvalue weighted by atomic mass is 31.2. The first-order valence-corrected chi connectivity index (χ1v) is 8.77. The standard InChI is InChI=1S/C12H24NOP/c1-11(2)9-12-5-4-6-13(12)7-8-15(3,14)10-12/h11H,4-10H2,1-3H3. The molecule has 2 aliphatic rings. The van der Waals surface area contributed by atoms with Gasteiger partial charge in [-0.3, -0.25) is 4.90 Å². The van der Waals surface area contributed by atoms with Gasteiger partial charge in [-0.05, 0) is 38.4 Å². The minimum Gasteiger partial charge on any atom is -0.324 e. The van der Waals surface area contributed by atoms with Gasteiger partial charge < -0.3 is 4.57 Å². The first-order valence-electron chi connectivity index (χ1n) is 6.24. The van der Waals surface area contributed by atoms with E-state index in [4.69, 9.17) is 0 Å². The second kappa shape index (κ2) is 3.89. The second-order valence-electron chi connectivity index (χ2n) is 6.09. The summed E-state index contributed by atoms with van der Waals surface area (Å²) in [6.07, 6.45) is 5.77. The summed E-state index contributed by atoms with van der Waals surface area (Å²) in [4.78, 5) is 2.63. The molecule has 3 heteroatoms. The van der Waals surface area contributed by atoms with E-state index < -0.39 is 7.14 Å². The third-order valence-electron chi connectivity index (χ3n) is 4.00. The molecule has 0 radical (unpaired) electrons. The Bertz CT molecular complexity index is 289. The van der Waals surface area contributed by atoms with E-state index in [1.54, 1.807) is 0 Å². The minimum atomic E-state index is -1.82. The first kappa shape index (κ1) is 11.7. The quantitative estimate of drug-likeness (QED) is 0.679. The molecule has 0 aromatic heterocycles. The molecule has 0 aromatic rings. The highest BCUT2D eigenvalue weighted by molar-refractivity contribution is 7.63. The molecule has 2 saturated heterocycles. The Labute approximate surface area is 93.8 Å². The summed E-state index contributed by atoms with van der Waals surface area (Å²) < 4.78 is 12.3. The Balaban J connectivity index is 2.19. The van der Waals surface area contributed by atoms with E-state index in [0.29, 0.717) is 5.54 Å². The van der Waals surface area contributed by atoms with E-state index in [9.17, 15) is 4.57 Å². The number of rotatable bonds is 2. The predicted octanol–water partition coefficient (Wildman–Crippen LogP) is 2.87. The van der Waals surface area contributed by atoms with Crippen molar-refractivity contribution in [2.75, 3.05) is 32.1 Å². The van der Waals surface area contributed by atoms with E-state index in [0.717, 1.165) is 24.8 Å². The van der Waals surface area contributed by atoms with Gasteiger partial charge in [-0.1, -0.05) is 13.8 Å². The van der Waals surface area contributed by atoms with Crippen LogP contribution in [-0.4, -0.2) is 42.5 Å².